The minimum atomic E-state index is 0.279. The van der Waals surface area contributed by atoms with Crippen molar-refractivity contribution in [1.82, 2.24) is 5.32 Å². The largest absolute Gasteiger partial charge is 0.498 e. The van der Waals surface area contributed by atoms with Crippen LogP contribution in [0.4, 0.5) is 5.69 Å². The maximum atomic E-state index is 6.10. The lowest BCUT2D eigenvalue weighted by atomic mass is 9.90. The number of unbranched alkanes of at least 4 members (excludes halogenated alkanes) is 1. The van der Waals surface area contributed by atoms with Crippen molar-refractivity contribution in [2.24, 2.45) is 11.8 Å². The van der Waals surface area contributed by atoms with Crippen LogP contribution in [-0.2, 0) is 4.74 Å². The average Bonchev–Trinajstić information content (AvgIpc) is 3.01. The maximum Gasteiger partial charge on any atom is 0.119 e. The van der Waals surface area contributed by atoms with Gasteiger partial charge in [0, 0.05) is 30.5 Å². The van der Waals surface area contributed by atoms with Gasteiger partial charge in [0.15, 0.2) is 0 Å². The maximum absolute atomic E-state index is 6.10. The number of ether oxygens (including phenoxy) is 2. The van der Waals surface area contributed by atoms with Crippen LogP contribution in [-0.4, -0.2) is 19.3 Å². The number of rotatable bonds is 18. The highest BCUT2D eigenvalue weighted by Gasteiger charge is 2.15. The molecule has 2 aromatic carbocycles. The van der Waals surface area contributed by atoms with Crippen molar-refractivity contribution in [1.29, 1.82) is 0 Å². The van der Waals surface area contributed by atoms with E-state index in [0.29, 0.717) is 18.4 Å². The van der Waals surface area contributed by atoms with Gasteiger partial charge in [0.1, 0.15) is 5.75 Å². The zero-order valence-corrected chi connectivity index (χ0v) is 26.9. The molecule has 1 aliphatic carbocycles. The second-order valence-corrected chi connectivity index (χ2v) is 11.6. The standard InChI is InChI=1S/C39H52N2O2/c1-7-14-34(15-8-2)40-28-38(30(3)4)32-18-22-36(23-19-32)42-26-12-13-27-43-37-24-20-33(21-25-37)39(31(5)6)29-41-35-16-10-9-11-17-35/h7-11,15-18,20-22,24-25,28-31,34,40-41H,1,12-14,19,23,26-27H2,2-6H3/b15-8-,38-28?,39-29?. The van der Waals surface area contributed by atoms with Gasteiger partial charge in [0.25, 0.3) is 0 Å². The summed E-state index contributed by atoms with van der Waals surface area (Å²) in [5, 5.41) is 6.99. The van der Waals surface area contributed by atoms with Gasteiger partial charge >= 0.3 is 0 Å². The Labute approximate surface area is 261 Å². The van der Waals surface area contributed by atoms with Crippen molar-refractivity contribution in [3.63, 3.8) is 0 Å². The highest BCUT2D eigenvalue weighted by molar-refractivity contribution is 5.69. The van der Waals surface area contributed by atoms with Crippen LogP contribution in [0.5, 0.6) is 5.75 Å². The molecular weight excluding hydrogens is 528 g/mol. The Morgan fingerprint density at radius 2 is 1.53 bits per heavy atom. The van der Waals surface area contributed by atoms with Gasteiger partial charge < -0.3 is 20.1 Å². The summed E-state index contributed by atoms with van der Waals surface area (Å²) >= 11 is 0. The Bertz CT molecular complexity index is 1260. The number of benzene rings is 2. The molecule has 3 rings (SSSR count). The molecule has 0 bridgehead atoms. The minimum absolute atomic E-state index is 0.279. The molecule has 0 heterocycles. The Balaban J connectivity index is 1.41. The van der Waals surface area contributed by atoms with Gasteiger partial charge in [-0.2, -0.15) is 0 Å². The highest BCUT2D eigenvalue weighted by atomic mass is 16.5. The summed E-state index contributed by atoms with van der Waals surface area (Å²) in [5.74, 6) is 2.83. The number of anilines is 1. The van der Waals surface area contributed by atoms with Gasteiger partial charge in [-0.3, -0.25) is 0 Å². The Kier molecular flexibility index (Phi) is 14.5. The lowest BCUT2D eigenvalue weighted by Crippen LogP contribution is -2.22. The molecule has 0 aliphatic heterocycles. The number of hydrogen-bond donors (Lipinski definition) is 2. The molecule has 0 aromatic heterocycles. The molecule has 0 fully saturated rings. The minimum Gasteiger partial charge on any atom is -0.498 e. The molecule has 2 N–H and O–H groups in total. The van der Waals surface area contributed by atoms with E-state index in [9.17, 15) is 0 Å². The molecule has 4 heteroatoms. The normalized spacial score (nSPS) is 14.9. The third-order valence-electron chi connectivity index (χ3n) is 7.47. The average molecular weight is 581 g/mol. The highest BCUT2D eigenvalue weighted by Crippen LogP contribution is 2.29. The Morgan fingerprint density at radius 1 is 0.837 bits per heavy atom. The second-order valence-electron chi connectivity index (χ2n) is 11.6. The molecular formula is C39H52N2O2. The predicted octanol–water partition coefficient (Wildman–Crippen LogP) is 10.2. The van der Waals surface area contributed by atoms with Gasteiger partial charge in [-0.25, -0.2) is 0 Å². The quantitative estimate of drug-likeness (QED) is 0.136. The number of nitrogens with one attached hydrogen (secondary N) is 2. The van der Waals surface area contributed by atoms with Crippen LogP contribution < -0.4 is 15.4 Å². The number of hydrogen-bond acceptors (Lipinski definition) is 4. The van der Waals surface area contributed by atoms with Crippen molar-refractivity contribution >= 4 is 11.3 Å². The van der Waals surface area contributed by atoms with Crippen molar-refractivity contribution in [2.75, 3.05) is 18.5 Å². The predicted molar refractivity (Wildman–Crippen MR) is 185 cm³/mol. The van der Waals surface area contributed by atoms with E-state index in [-0.39, 0.29) is 6.04 Å². The number of para-hydroxylation sites is 1. The van der Waals surface area contributed by atoms with Gasteiger partial charge in [-0.15, -0.1) is 6.58 Å². The van der Waals surface area contributed by atoms with E-state index in [0.717, 1.165) is 55.9 Å². The van der Waals surface area contributed by atoms with E-state index in [1.54, 1.807) is 0 Å². The molecule has 1 aliphatic rings. The molecule has 0 saturated carbocycles. The molecule has 0 amide bonds. The molecule has 230 valence electrons. The van der Waals surface area contributed by atoms with Crippen molar-refractivity contribution in [2.45, 2.75) is 72.8 Å². The summed E-state index contributed by atoms with van der Waals surface area (Å²) < 4.78 is 12.1. The fraction of sp³-hybridized carbons (Fsp3) is 0.385. The van der Waals surface area contributed by atoms with Crippen LogP contribution in [0, 0.1) is 11.8 Å². The van der Waals surface area contributed by atoms with Crippen LogP contribution >= 0.6 is 0 Å². The smallest absolute Gasteiger partial charge is 0.119 e. The zero-order valence-electron chi connectivity index (χ0n) is 26.9. The number of allylic oxidation sites excluding steroid dienone is 7. The van der Waals surface area contributed by atoms with Crippen LogP contribution in [0.1, 0.15) is 72.3 Å². The van der Waals surface area contributed by atoms with E-state index >= 15 is 0 Å². The van der Waals surface area contributed by atoms with Gasteiger partial charge in [-0.1, -0.05) is 82.3 Å². The molecule has 2 aromatic rings. The second kappa shape index (κ2) is 18.6. The first-order valence-corrected chi connectivity index (χ1v) is 15.9. The first kappa shape index (κ1) is 33.6. The Morgan fingerprint density at radius 3 is 2.14 bits per heavy atom. The summed E-state index contributed by atoms with van der Waals surface area (Å²) in [6, 6.07) is 18.9. The lowest BCUT2D eigenvalue weighted by molar-refractivity contribution is 0.187. The van der Waals surface area contributed by atoms with Crippen LogP contribution in [0.2, 0.25) is 0 Å². The van der Waals surface area contributed by atoms with Gasteiger partial charge in [0.05, 0.1) is 19.0 Å². The topological polar surface area (TPSA) is 42.5 Å². The fourth-order valence-electron chi connectivity index (χ4n) is 5.04. The molecule has 0 spiro atoms. The van der Waals surface area contributed by atoms with Crippen LogP contribution in [0.3, 0.4) is 0 Å². The van der Waals surface area contributed by atoms with Crippen LogP contribution in [0.25, 0.3) is 5.57 Å². The summed E-state index contributed by atoms with van der Waals surface area (Å²) in [7, 11) is 0. The molecule has 1 atom stereocenters. The van der Waals surface area contributed by atoms with Crippen molar-refractivity contribution in [3.8, 4) is 5.75 Å². The van der Waals surface area contributed by atoms with E-state index in [4.69, 9.17) is 9.47 Å². The third kappa shape index (κ3) is 11.7. The van der Waals surface area contributed by atoms with E-state index in [1.165, 1.54) is 22.3 Å². The van der Waals surface area contributed by atoms with E-state index in [2.05, 4.69) is 125 Å². The van der Waals surface area contributed by atoms with E-state index < -0.39 is 0 Å². The van der Waals surface area contributed by atoms with Crippen molar-refractivity contribution < 1.29 is 9.47 Å². The van der Waals surface area contributed by atoms with Crippen molar-refractivity contribution in [3.05, 3.63) is 126 Å². The summed E-state index contributed by atoms with van der Waals surface area (Å²) in [6.45, 7) is 16.3. The molecule has 43 heavy (non-hydrogen) atoms. The molecule has 4 nitrogen and oxygen atoms in total. The zero-order chi connectivity index (χ0) is 30.9. The molecule has 1 unspecified atom stereocenters. The Hall–Kier alpha value is -3.92. The summed E-state index contributed by atoms with van der Waals surface area (Å²) in [5.41, 5.74) is 6.30. The monoisotopic (exact) mass is 580 g/mol. The summed E-state index contributed by atoms with van der Waals surface area (Å²) in [6.07, 6.45) is 19.7. The van der Waals surface area contributed by atoms with Gasteiger partial charge in [-0.05, 0) is 97.1 Å². The summed E-state index contributed by atoms with van der Waals surface area (Å²) in [4.78, 5) is 0. The first-order valence-electron chi connectivity index (χ1n) is 15.9. The molecule has 0 saturated heterocycles. The van der Waals surface area contributed by atoms with Crippen LogP contribution in [0.15, 0.2) is 121 Å². The van der Waals surface area contributed by atoms with E-state index in [1.807, 2.05) is 24.3 Å². The lowest BCUT2D eigenvalue weighted by Gasteiger charge is -2.21. The third-order valence-corrected chi connectivity index (χ3v) is 7.47. The van der Waals surface area contributed by atoms with Gasteiger partial charge in [0.2, 0.25) is 0 Å². The SMILES string of the molecule is C=CCC(/C=C\C)NC=C(C1=CC=C(OCCCCOc2ccc(C(=CNc3ccccc3)C(C)C)cc2)CC1)C(C)C. The molecule has 0 radical (unpaired) electrons. The first-order chi connectivity index (χ1) is 20.9. The fourth-order valence-corrected chi connectivity index (χ4v) is 5.04.